The lowest BCUT2D eigenvalue weighted by atomic mass is 10.1. The molecule has 1 atom stereocenters. The SMILES string of the molecule is CCCCCCOC(=O)NC(=N)c1ccc(NCc2nc3cc(C(=O)N(CCC(=O)OCCOC(=O)C(Cc4ccccc4)NC(=O)OC(C)(C)C)c4ccccn4)ccc3n2C)cc1. The second kappa shape index (κ2) is 24.0. The van der Waals surface area contributed by atoms with Gasteiger partial charge in [-0.15, -0.1) is 0 Å². The van der Waals surface area contributed by atoms with Crippen LogP contribution in [-0.2, 0) is 48.5 Å². The molecule has 0 saturated heterocycles. The zero-order chi connectivity index (χ0) is 46.8. The molecule has 0 aliphatic rings. The van der Waals surface area contributed by atoms with Crippen molar-refractivity contribution in [2.24, 2.45) is 7.05 Å². The van der Waals surface area contributed by atoms with Crippen molar-refractivity contribution in [3.05, 3.63) is 120 Å². The van der Waals surface area contributed by atoms with Gasteiger partial charge in [0.15, 0.2) is 0 Å². The van der Waals surface area contributed by atoms with Crippen LogP contribution < -0.4 is 20.9 Å². The first-order chi connectivity index (χ1) is 31.2. The zero-order valence-corrected chi connectivity index (χ0v) is 37.6. The molecule has 0 radical (unpaired) electrons. The third kappa shape index (κ3) is 15.5. The van der Waals surface area contributed by atoms with Crippen molar-refractivity contribution in [3.8, 4) is 0 Å². The molecular weight excluding hydrogens is 833 g/mol. The lowest BCUT2D eigenvalue weighted by Crippen LogP contribution is -2.45. The second-order valence-electron chi connectivity index (χ2n) is 16.1. The number of imidazole rings is 1. The van der Waals surface area contributed by atoms with E-state index in [1.165, 1.54) is 4.90 Å². The number of hydrogen-bond donors (Lipinski definition) is 4. The maximum Gasteiger partial charge on any atom is 0.412 e. The van der Waals surface area contributed by atoms with Crippen LogP contribution in [0.25, 0.3) is 11.0 Å². The summed E-state index contributed by atoms with van der Waals surface area (Å²) in [5, 5.41) is 16.6. The monoisotopic (exact) mass is 890 g/mol. The Morgan fingerprint density at radius 1 is 0.815 bits per heavy atom. The number of amidine groups is 1. The quantitative estimate of drug-likeness (QED) is 0.0186. The molecule has 1 unspecified atom stereocenters. The number of anilines is 2. The Morgan fingerprint density at radius 2 is 1.54 bits per heavy atom. The van der Waals surface area contributed by atoms with Crippen LogP contribution in [0.5, 0.6) is 0 Å². The Hall–Kier alpha value is -7.30. The average molecular weight is 891 g/mol. The Labute approximate surface area is 378 Å². The molecule has 0 spiro atoms. The molecule has 0 bridgehead atoms. The minimum Gasteiger partial charge on any atom is -0.462 e. The molecule has 0 saturated carbocycles. The predicted octanol–water partition coefficient (Wildman–Crippen LogP) is 7.47. The number of nitrogens with zero attached hydrogens (tertiary/aromatic N) is 4. The molecule has 3 aromatic carbocycles. The Bertz CT molecular complexity index is 2380. The Balaban J connectivity index is 1.14. The van der Waals surface area contributed by atoms with E-state index in [4.69, 9.17) is 29.3 Å². The van der Waals surface area contributed by atoms with Crippen LogP contribution >= 0.6 is 0 Å². The lowest BCUT2D eigenvalue weighted by Gasteiger charge is -2.23. The van der Waals surface area contributed by atoms with E-state index in [2.05, 4.69) is 27.9 Å². The topological polar surface area (TPSA) is 216 Å². The molecule has 17 nitrogen and oxygen atoms in total. The second-order valence-corrected chi connectivity index (χ2v) is 16.1. The number of benzene rings is 3. The highest BCUT2D eigenvalue weighted by Crippen LogP contribution is 2.22. The summed E-state index contributed by atoms with van der Waals surface area (Å²) in [4.78, 5) is 75.1. The number of unbranched alkanes of at least 4 members (excludes halogenated alkanes) is 3. The summed E-state index contributed by atoms with van der Waals surface area (Å²) in [7, 11) is 1.88. The third-order valence-corrected chi connectivity index (χ3v) is 9.86. The van der Waals surface area contributed by atoms with E-state index in [0.717, 1.165) is 42.5 Å². The normalized spacial score (nSPS) is 11.5. The summed E-state index contributed by atoms with van der Waals surface area (Å²) in [5.41, 5.74) is 3.03. The molecular formula is C48H58N8O9. The van der Waals surface area contributed by atoms with Crippen LogP contribution in [0, 0.1) is 5.41 Å². The maximum atomic E-state index is 14.0. The van der Waals surface area contributed by atoms with Gasteiger partial charge in [0, 0.05) is 43.0 Å². The minimum absolute atomic E-state index is 0.0552. The van der Waals surface area contributed by atoms with Crippen molar-refractivity contribution in [2.45, 2.75) is 84.4 Å². The number of amides is 3. The van der Waals surface area contributed by atoms with Gasteiger partial charge in [-0.1, -0.05) is 62.6 Å². The van der Waals surface area contributed by atoms with Crippen LogP contribution in [0.1, 0.15) is 87.1 Å². The number of aryl methyl sites for hydroxylation is 1. The molecule has 0 fully saturated rings. The predicted molar refractivity (Wildman–Crippen MR) is 246 cm³/mol. The van der Waals surface area contributed by atoms with Crippen molar-refractivity contribution in [3.63, 3.8) is 0 Å². The van der Waals surface area contributed by atoms with Gasteiger partial charge in [-0.2, -0.15) is 0 Å². The highest BCUT2D eigenvalue weighted by Gasteiger charge is 2.27. The van der Waals surface area contributed by atoms with Gasteiger partial charge in [0.1, 0.15) is 42.3 Å². The fourth-order valence-electron chi connectivity index (χ4n) is 6.54. The maximum absolute atomic E-state index is 14.0. The molecule has 2 aromatic heterocycles. The van der Waals surface area contributed by atoms with E-state index >= 15 is 0 Å². The summed E-state index contributed by atoms with van der Waals surface area (Å²) in [5.74, 6) is -0.776. The van der Waals surface area contributed by atoms with E-state index in [9.17, 15) is 24.0 Å². The third-order valence-electron chi connectivity index (χ3n) is 9.86. The van der Waals surface area contributed by atoms with Gasteiger partial charge in [0.2, 0.25) is 0 Å². The summed E-state index contributed by atoms with van der Waals surface area (Å²) in [6, 6.07) is 25.4. The smallest absolute Gasteiger partial charge is 0.412 e. The number of esters is 2. The van der Waals surface area contributed by atoms with Crippen LogP contribution in [0.2, 0.25) is 0 Å². The molecule has 4 N–H and O–H groups in total. The number of carbonyl (C=O) groups excluding carboxylic acids is 5. The molecule has 0 aliphatic carbocycles. The molecule has 344 valence electrons. The fraction of sp³-hybridized carbons (Fsp3) is 0.375. The highest BCUT2D eigenvalue weighted by atomic mass is 16.6. The van der Waals surface area contributed by atoms with Crippen LogP contribution in [0.4, 0.5) is 21.1 Å². The number of nitrogens with one attached hydrogen (secondary N) is 4. The van der Waals surface area contributed by atoms with E-state index in [1.54, 1.807) is 81.6 Å². The number of rotatable bonds is 21. The highest BCUT2D eigenvalue weighted by molar-refractivity contribution is 6.07. The van der Waals surface area contributed by atoms with Crippen molar-refractivity contribution >= 4 is 58.4 Å². The zero-order valence-electron chi connectivity index (χ0n) is 37.6. The van der Waals surface area contributed by atoms with Gasteiger partial charge in [-0.3, -0.25) is 25.2 Å². The first kappa shape index (κ1) is 48.7. The van der Waals surface area contributed by atoms with E-state index in [-0.39, 0.29) is 38.4 Å². The Kier molecular flexibility index (Phi) is 18.0. The van der Waals surface area contributed by atoms with Crippen molar-refractivity contribution in [1.82, 2.24) is 25.2 Å². The number of carbonyl (C=O) groups is 5. The molecule has 0 aliphatic heterocycles. The number of hydrogen-bond acceptors (Lipinski definition) is 13. The van der Waals surface area contributed by atoms with Gasteiger partial charge in [0.25, 0.3) is 5.91 Å². The summed E-state index contributed by atoms with van der Waals surface area (Å²) >= 11 is 0. The first-order valence-corrected chi connectivity index (χ1v) is 21.6. The lowest BCUT2D eigenvalue weighted by molar-refractivity contribution is -0.153. The van der Waals surface area contributed by atoms with Crippen LogP contribution in [-0.4, -0.2) is 88.4 Å². The van der Waals surface area contributed by atoms with Crippen molar-refractivity contribution in [1.29, 1.82) is 5.41 Å². The largest absolute Gasteiger partial charge is 0.462 e. The minimum atomic E-state index is -1.05. The number of alkyl carbamates (subject to hydrolysis) is 2. The van der Waals surface area contributed by atoms with Gasteiger partial charge < -0.3 is 34.1 Å². The Morgan fingerprint density at radius 3 is 2.25 bits per heavy atom. The number of ether oxygens (including phenoxy) is 4. The molecule has 3 amide bonds. The molecule has 5 rings (SSSR count). The molecule has 17 heteroatoms. The van der Waals surface area contributed by atoms with E-state index in [0.29, 0.717) is 41.4 Å². The van der Waals surface area contributed by atoms with E-state index < -0.39 is 41.7 Å². The molecule has 5 aromatic rings. The van der Waals surface area contributed by atoms with Crippen LogP contribution in [0.3, 0.4) is 0 Å². The summed E-state index contributed by atoms with van der Waals surface area (Å²) < 4.78 is 23.2. The van der Waals surface area contributed by atoms with Gasteiger partial charge in [-0.05, 0) is 87.4 Å². The number of fused-ring (bicyclic) bond motifs is 1. The van der Waals surface area contributed by atoms with Gasteiger partial charge >= 0.3 is 24.1 Å². The van der Waals surface area contributed by atoms with Crippen LogP contribution in [0.15, 0.2) is 97.2 Å². The number of aromatic nitrogens is 3. The fourth-order valence-corrected chi connectivity index (χ4v) is 6.54. The average Bonchev–Trinajstić information content (AvgIpc) is 3.60. The summed E-state index contributed by atoms with van der Waals surface area (Å²) in [6.45, 7) is 7.36. The van der Waals surface area contributed by atoms with Crippen molar-refractivity contribution in [2.75, 3.05) is 36.6 Å². The molecule has 65 heavy (non-hydrogen) atoms. The van der Waals surface area contributed by atoms with Gasteiger partial charge in [0.05, 0.1) is 30.6 Å². The van der Waals surface area contributed by atoms with Crippen molar-refractivity contribution < 1.29 is 42.9 Å². The van der Waals surface area contributed by atoms with E-state index in [1.807, 2.05) is 48.0 Å². The molecule has 2 heterocycles. The standard InChI is InChI=1S/C48H58N8O9/c1-6-7-8-14-27-64-46(60)54-43(49)34-18-21-36(22-19-34)51-32-41-52-37-31-35(20-23-39(37)55(41)5)44(58)56(40-17-12-13-25-50-40)26-24-42(57)62-28-29-63-45(59)38(30-33-15-10-9-11-16-33)53-47(61)65-48(2,3)4/h9-13,15-23,25,31,38,51H,6-8,14,24,26-30,32H2,1-5H3,(H,53,61)(H2,49,54,60). The number of pyridine rings is 1. The summed E-state index contributed by atoms with van der Waals surface area (Å²) in [6.07, 6.45) is 4.06. The first-order valence-electron chi connectivity index (χ1n) is 21.6. The van der Waals surface area contributed by atoms with Gasteiger partial charge in [-0.25, -0.2) is 24.4 Å².